The number of carbonyl (C=O) groups is 1. The third-order valence-electron chi connectivity index (χ3n) is 3.58. The van der Waals surface area contributed by atoms with Gasteiger partial charge in [0.1, 0.15) is 5.82 Å². The summed E-state index contributed by atoms with van der Waals surface area (Å²) in [4.78, 5) is 17.1. The molecule has 0 saturated carbocycles. The van der Waals surface area contributed by atoms with Crippen molar-refractivity contribution in [3.63, 3.8) is 0 Å². The van der Waals surface area contributed by atoms with Crippen molar-refractivity contribution in [1.29, 1.82) is 0 Å². The third kappa shape index (κ3) is 3.98. The maximum atomic E-state index is 14.3. The number of nitrogens with zero attached hydrogens (tertiary/aromatic N) is 2. The van der Waals surface area contributed by atoms with Crippen molar-refractivity contribution < 1.29 is 13.9 Å². The van der Waals surface area contributed by atoms with E-state index in [1.54, 1.807) is 34.9 Å². The molecule has 1 aromatic heterocycles. The van der Waals surface area contributed by atoms with Gasteiger partial charge in [-0.25, -0.2) is 4.39 Å². The van der Waals surface area contributed by atoms with Gasteiger partial charge in [-0.3, -0.25) is 4.79 Å². The van der Waals surface area contributed by atoms with Gasteiger partial charge < -0.3 is 9.30 Å². The molecule has 3 aromatic rings. The second-order valence-electron chi connectivity index (χ2n) is 5.25. The molecule has 0 unspecified atom stereocenters. The molecule has 0 aliphatic rings. The third-order valence-corrected chi connectivity index (χ3v) is 4.86. The molecular formula is C18H16ClFN2O2S. The molecule has 3 rings (SSSR count). The number of ether oxygens (including phenoxy) is 1. The first-order chi connectivity index (χ1) is 12.1. The van der Waals surface area contributed by atoms with Crippen molar-refractivity contribution in [2.75, 3.05) is 13.2 Å². The van der Waals surface area contributed by atoms with E-state index >= 15 is 0 Å². The normalized spacial score (nSPS) is 12.0. The highest BCUT2D eigenvalue weighted by atomic mass is 35.5. The van der Waals surface area contributed by atoms with Crippen molar-refractivity contribution in [3.05, 3.63) is 63.7 Å². The summed E-state index contributed by atoms with van der Waals surface area (Å²) in [6.07, 6.45) is 0. The number of benzene rings is 2. The zero-order chi connectivity index (χ0) is 17.8. The fourth-order valence-electron chi connectivity index (χ4n) is 2.45. The molecule has 0 radical (unpaired) electrons. The molecule has 0 aliphatic heterocycles. The van der Waals surface area contributed by atoms with Gasteiger partial charge in [-0.2, -0.15) is 4.99 Å². The molecule has 0 atom stereocenters. The van der Waals surface area contributed by atoms with Crippen LogP contribution in [0.25, 0.3) is 10.2 Å². The molecule has 0 N–H and O–H groups in total. The summed E-state index contributed by atoms with van der Waals surface area (Å²) in [5.41, 5.74) is 0.826. The average molecular weight is 379 g/mol. The Bertz CT molecular complexity index is 981. The number of thiazole rings is 1. The van der Waals surface area contributed by atoms with Gasteiger partial charge in [0.2, 0.25) is 0 Å². The van der Waals surface area contributed by atoms with Crippen LogP contribution in [0.5, 0.6) is 0 Å². The minimum absolute atomic E-state index is 0.345. The lowest BCUT2D eigenvalue weighted by Gasteiger charge is -2.06. The van der Waals surface area contributed by atoms with Gasteiger partial charge in [0.15, 0.2) is 4.80 Å². The molecular weight excluding hydrogens is 363 g/mol. The lowest BCUT2D eigenvalue weighted by atomic mass is 10.2. The van der Waals surface area contributed by atoms with Gasteiger partial charge in [-0.1, -0.05) is 35.1 Å². The summed E-state index contributed by atoms with van der Waals surface area (Å²) in [5, 5.41) is 0.465. The first-order valence-electron chi connectivity index (χ1n) is 7.80. The highest BCUT2D eigenvalue weighted by Gasteiger charge is 2.12. The number of amides is 1. The highest BCUT2D eigenvalue weighted by molar-refractivity contribution is 7.16. The summed E-state index contributed by atoms with van der Waals surface area (Å²) in [7, 11) is 0. The molecule has 0 spiro atoms. The number of aromatic nitrogens is 1. The molecule has 0 aliphatic carbocycles. The quantitative estimate of drug-likeness (QED) is 0.622. The summed E-state index contributed by atoms with van der Waals surface area (Å²) < 4.78 is 22.1. The van der Waals surface area contributed by atoms with Crippen LogP contribution in [0.1, 0.15) is 17.3 Å². The first kappa shape index (κ1) is 17.8. The van der Waals surface area contributed by atoms with E-state index in [9.17, 15) is 9.18 Å². The molecule has 0 bridgehead atoms. The van der Waals surface area contributed by atoms with Crippen LogP contribution in [0.3, 0.4) is 0 Å². The van der Waals surface area contributed by atoms with Crippen molar-refractivity contribution in [1.82, 2.24) is 4.57 Å². The van der Waals surface area contributed by atoms with E-state index in [4.69, 9.17) is 16.3 Å². The van der Waals surface area contributed by atoms with E-state index in [0.29, 0.717) is 40.7 Å². The van der Waals surface area contributed by atoms with Crippen LogP contribution in [0, 0.1) is 5.82 Å². The van der Waals surface area contributed by atoms with Gasteiger partial charge in [0.05, 0.1) is 16.8 Å². The minimum atomic E-state index is -0.417. The molecule has 0 fully saturated rings. The van der Waals surface area contributed by atoms with Crippen LogP contribution < -0.4 is 4.80 Å². The lowest BCUT2D eigenvalue weighted by Crippen LogP contribution is -2.20. The van der Waals surface area contributed by atoms with Crippen LogP contribution >= 0.6 is 22.9 Å². The molecule has 25 heavy (non-hydrogen) atoms. The second kappa shape index (κ2) is 7.91. The fraction of sp³-hybridized carbons (Fsp3) is 0.222. The van der Waals surface area contributed by atoms with Gasteiger partial charge in [-0.05, 0) is 37.3 Å². The second-order valence-corrected chi connectivity index (χ2v) is 6.69. The smallest absolute Gasteiger partial charge is 0.279 e. The van der Waals surface area contributed by atoms with E-state index in [-0.39, 0.29) is 5.82 Å². The molecule has 1 amide bonds. The molecule has 7 heteroatoms. The Labute approximate surface area is 153 Å². The maximum absolute atomic E-state index is 14.3. The largest absolute Gasteiger partial charge is 0.380 e. The van der Waals surface area contributed by atoms with Crippen molar-refractivity contribution >= 4 is 39.1 Å². The van der Waals surface area contributed by atoms with Crippen LogP contribution in [0.4, 0.5) is 4.39 Å². The molecule has 1 heterocycles. The fourth-order valence-corrected chi connectivity index (χ4v) is 3.71. The monoisotopic (exact) mass is 378 g/mol. The Morgan fingerprint density at radius 2 is 2.12 bits per heavy atom. The summed E-state index contributed by atoms with van der Waals surface area (Å²) in [6, 6.07) is 11.4. The van der Waals surface area contributed by atoms with E-state index in [0.717, 1.165) is 4.70 Å². The number of fused-ring (bicyclic) bond motifs is 1. The Balaban J connectivity index is 2.09. The minimum Gasteiger partial charge on any atom is -0.380 e. The van der Waals surface area contributed by atoms with Crippen molar-refractivity contribution in [3.8, 4) is 0 Å². The SMILES string of the molecule is CCOCCn1c(=NC(=O)c2cccc(Cl)c2)sc2cccc(F)c21. The predicted octanol–water partition coefficient (Wildman–Crippen LogP) is 4.27. The van der Waals surface area contributed by atoms with E-state index in [1.807, 2.05) is 13.0 Å². The predicted molar refractivity (Wildman–Crippen MR) is 97.6 cm³/mol. The topological polar surface area (TPSA) is 43.6 Å². The Kier molecular flexibility index (Phi) is 5.63. The number of hydrogen-bond acceptors (Lipinski definition) is 3. The van der Waals surface area contributed by atoms with Crippen LogP contribution in [-0.4, -0.2) is 23.7 Å². The van der Waals surface area contributed by atoms with Crippen LogP contribution in [-0.2, 0) is 11.3 Å². The molecule has 4 nitrogen and oxygen atoms in total. The standard InChI is InChI=1S/C18H16ClFN2O2S/c1-2-24-10-9-22-16-14(20)7-4-8-15(16)25-18(22)21-17(23)12-5-3-6-13(19)11-12/h3-8,11H,2,9-10H2,1H3. The van der Waals surface area contributed by atoms with Crippen LogP contribution in [0.15, 0.2) is 47.5 Å². The maximum Gasteiger partial charge on any atom is 0.279 e. The number of hydrogen-bond donors (Lipinski definition) is 0. The first-order valence-corrected chi connectivity index (χ1v) is 9.00. The molecule has 0 saturated heterocycles. The molecule has 130 valence electrons. The lowest BCUT2D eigenvalue weighted by molar-refractivity contribution is 0.0996. The highest BCUT2D eigenvalue weighted by Crippen LogP contribution is 2.20. The zero-order valence-corrected chi connectivity index (χ0v) is 15.1. The number of halogens is 2. The summed E-state index contributed by atoms with van der Waals surface area (Å²) in [5.74, 6) is -0.762. The van der Waals surface area contributed by atoms with E-state index in [2.05, 4.69) is 4.99 Å². The van der Waals surface area contributed by atoms with Crippen molar-refractivity contribution in [2.24, 2.45) is 4.99 Å². The van der Waals surface area contributed by atoms with Gasteiger partial charge >= 0.3 is 0 Å². The van der Waals surface area contributed by atoms with Gasteiger partial charge in [0.25, 0.3) is 5.91 Å². The Hall–Kier alpha value is -2.02. The van der Waals surface area contributed by atoms with Gasteiger partial charge in [-0.15, -0.1) is 0 Å². The van der Waals surface area contributed by atoms with Crippen LogP contribution in [0.2, 0.25) is 5.02 Å². The Morgan fingerprint density at radius 1 is 1.32 bits per heavy atom. The van der Waals surface area contributed by atoms with E-state index < -0.39 is 5.91 Å². The van der Waals surface area contributed by atoms with E-state index in [1.165, 1.54) is 17.4 Å². The number of carbonyl (C=O) groups excluding carboxylic acids is 1. The number of rotatable bonds is 5. The van der Waals surface area contributed by atoms with Gasteiger partial charge in [0, 0.05) is 23.7 Å². The van der Waals surface area contributed by atoms with Crippen molar-refractivity contribution in [2.45, 2.75) is 13.5 Å². The summed E-state index contributed by atoms with van der Waals surface area (Å²) in [6.45, 7) is 3.29. The Morgan fingerprint density at radius 3 is 2.88 bits per heavy atom. The molecule has 2 aromatic carbocycles. The zero-order valence-electron chi connectivity index (χ0n) is 13.5. The average Bonchev–Trinajstić information content (AvgIpc) is 2.94. The number of para-hydroxylation sites is 1. The summed E-state index contributed by atoms with van der Waals surface area (Å²) >= 11 is 7.20.